The highest BCUT2D eigenvalue weighted by Crippen LogP contribution is 2.27. The van der Waals surface area contributed by atoms with Crippen molar-refractivity contribution in [2.24, 2.45) is 5.92 Å². The van der Waals surface area contributed by atoms with Gasteiger partial charge in [-0.3, -0.25) is 4.79 Å². The lowest BCUT2D eigenvalue weighted by molar-refractivity contribution is -0.143. The molecule has 1 amide bonds. The standard InChI is InChI=1S/C19H27FN2O2.ClH/c1-14-5-2-3-8-18(14)24-13-19(23)22-10-9-21-12-17(22)15-6-4-7-16(20)11-15;/h4,6-7,11,14,17-18,21H,2-3,5,8-10,12-13H2,1H3;1H. The molecule has 1 saturated heterocycles. The minimum absolute atomic E-state index is 0. The SMILES string of the molecule is CC1CCCCC1OCC(=O)N1CCNCC1c1cccc(F)c1.Cl. The number of carbonyl (C=O) groups is 1. The number of nitrogens with one attached hydrogen (secondary N) is 1. The molecule has 3 unspecified atom stereocenters. The molecule has 4 nitrogen and oxygen atoms in total. The third kappa shape index (κ3) is 5.16. The Kier molecular flexibility index (Phi) is 7.66. The summed E-state index contributed by atoms with van der Waals surface area (Å²) in [5, 5.41) is 3.29. The van der Waals surface area contributed by atoms with Crippen molar-refractivity contribution in [1.82, 2.24) is 10.2 Å². The van der Waals surface area contributed by atoms with Gasteiger partial charge in [0, 0.05) is 19.6 Å². The van der Waals surface area contributed by atoms with E-state index in [9.17, 15) is 9.18 Å². The van der Waals surface area contributed by atoms with Crippen molar-refractivity contribution in [1.29, 1.82) is 0 Å². The van der Waals surface area contributed by atoms with Crippen molar-refractivity contribution in [3.05, 3.63) is 35.6 Å². The number of nitrogens with zero attached hydrogens (tertiary/aromatic N) is 1. The average Bonchev–Trinajstić information content (AvgIpc) is 2.61. The Morgan fingerprint density at radius 1 is 1.36 bits per heavy atom. The molecule has 0 radical (unpaired) electrons. The summed E-state index contributed by atoms with van der Waals surface area (Å²) in [5.41, 5.74) is 0.835. The number of carbonyl (C=O) groups excluding carboxylic acids is 1. The lowest BCUT2D eigenvalue weighted by atomic mass is 9.88. The predicted molar refractivity (Wildman–Crippen MR) is 98.3 cm³/mol. The van der Waals surface area contributed by atoms with Crippen LogP contribution >= 0.6 is 12.4 Å². The molecule has 2 fully saturated rings. The summed E-state index contributed by atoms with van der Waals surface area (Å²) in [5.74, 6) is 0.259. The normalized spacial score (nSPS) is 26.8. The third-order valence-corrected chi connectivity index (χ3v) is 5.25. The highest BCUT2D eigenvalue weighted by molar-refractivity contribution is 5.85. The number of hydrogen-bond acceptors (Lipinski definition) is 3. The lowest BCUT2D eigenvalue weighted by Gasteiger charge is -2.37. The van der Waals surface area contributed by atoms with Crippen LogP contribution in [0.1, 0.15) is 44.2 Å². The zero-order chi connectivity index (χ0) is 16.9. The van der Waals surface area contributed by atoms with Crippen molar-refractivity contribution in [3.8, 4) is 0 Å². The molecule has 6 heteroatoms. The van der Waals surface area contributed by atoms with E-state index < -0.39 is 0 Å². The maximum absolute atomic E-state index is 13.5. The Balaban J connectivity index is 0.00000225. The van der Waals surface area contributed by atoms with Gasteiger partial charge < -0.3 is 15.0 Å². The van der Waals surface area contributed by atoms with Crippen LogP contribution in [0.5, 0.6) is 0 Å². The van der Waals surface area contributed by atoms with Gasteiger partial charge in [-0.25, -0.2) is 4.39 Å². The maximum atomic E-state index is 13.5. The molecule has 1 aromatic carbocycles. The molecule has 3 atom stereocenters. The molecule has 1 N–H and O–H groups in total. The number of piperazine rings is 1. The van der Waals surface area contributed by atoms with Gasteiger partial charge in [0.05, 0.1) is 12.1 Å². The Hall–Kier alpha value is -1.17. The fourth-order valence-electron chi connectivity index (χ4n) is 3.81. The van der Waals surface area contributed by atoms with E-state index in [1.165, 1.54) is 31.4 Å². The van der Waals surface area contributed by atoms with Gasteiger partial charge >= 0.3 is 0 Å². The summed E-state index contributed by atoms with van der Waals surface area (Å²) in [7, 11) is 0. The smallest absolute Gasteiger partial charge is 0.249 e. The van der Waals surface area contributed by atoms with E-state index in [-0.39, 0.29) is 42.9 Å². The molecule has 3 rings (SSSR count). The van der Waals surface area contributed by atoms with Crippen LogP contribution in [0, 0.1) is 11.7 Å². The summed E-state index contributed by atoms with van der Waals surface area (Å²) in [6.45, 7) is 4.37. The van der Waals surface area contributed by atoms with Gasteiger partial charge in [-0.05, 0) is 36.5 Å². The van der Waals surface area contributed by atoms with E-state index in [1.807, 2.05) is 11.0 Å². The minimum Gasteiger partial charge on any atom is -0.368 e. The van der Waals surface area contributed by atoms with Crippen molar-refractivity contribution >= 4 is 18.3 Å². The van der Waals surface area contributed by atoms with Gasteiger partial charge in [0.2, 0.25) is 5.91 Å². The van der Waals surface area contributed by atoms with Crippen LogP contribution in [0.25, 0.3) is 0 Å². The molecule has 25 heavy (non-hydrogen) atoms. The molecule has 0 aromatic heterocycles. The summed E-state index contributed by atoms with van der Waals surface area (Å²) in [6, 6.07) is 6.39. The molecule has 2 aliphatic rings. The van der Waals surface area contributed by atoms with Crippen LogP contribution in [0.2, 0.25) is 0 Å². The Morgan fingerprint density at radius 3 is 2.92 bits per heavy atom. The van der Waals surface area contributed by atoms with Gasteiger partial charge in [-0.1, -0.05) is 31.9 Å². The monoisotopic (exact) mass is 370 g/mol. The fraction of sp³-hybridized carbons (Fsp3) is 0.632. The number of hydrogen-bond donors (Lipinski definition) is 1. The molecule has 1 aromatic rings. The Bertz CT molecular complexity index is 572. The zero-order valence-electron chi connectivity index (χ0n) is 14.7. The van der Waals surface area contributed by atoms with Crippen molar-refractivity contribution < 1.29 is 13.9 Å². The van der Waals surface area contributed by atoms with Gasteiger partial charge in [0.1, 0.15) is 12.4 Å². The second-order valence-electron chi connectivity index (χ2n) is 6.97. The summed E-state index contributed by atoms with van der Waals surface area (Å²) < 4.78 is 19.5. The van der Waals surface area contributed by atoms with E-state index in [4.69, 9.17) is 4.74 Å². The van der Waals surface area contributed by atoms with Crippen LogP contribution in [0.3, 0.4) is 0 Å². The van der Waals surface area contributed by atoms with E-state index in [0.29, 0.717) is 19.0 Å². The van der Waals surface area contributed by atoms with Crippen LogP contribution < -0.4 is 5.32 Å². The van der Waals surface area contributed by atoms with Crippen LogP contribution in [0.4, 0.5) is 4.39 Å². The fourth-order valence-corrected chi connectivity index (χ4v) is 3.81. The third-order valence-electron chi connectivity index (χ3n) is 5.25. The van der Waals surface area contributed by atoms with Crippen LogP contribution in [-0.4, -0.2) is 43.2 Å². The molecule has 1 saturated carbocycles. The number of halogens is 2. The molecule has 0 bridgehead atoms. The number of amides is 1. The molecular formula is C19H28ClFN2O2. The first kappa shape index (κ1) is 20.1. The van der Waals surface area contributed by atoms with Gasteiger partial charge in [-0.15, -0.1) is 12.4 Å². The predicted octanol–water partition coefficient (Wildman–Crippen LogP) is 3.32. The lowest BCUT2D eigenvalue weighted by Crippen LogP contribution is -2.50. The highest BCUT2D eigenvalue weighted by atomic mass is 35.5. The quantitative estimate of drug-likeness (QED) is 0.884. The highest BCUT2D eigenvalue weighted by Gasteiger charge is 2.29. The minimum atomic E-state index is -0.266. The number of ether oxygens (including phenoxy) is 1. The zero-order valence-corrected chi connectivity index (χ0v) is 15.6. The molecule has 1 aliphatic heterocycles. The molecule has 0 spiro atoms. The average molecular weight is 371 g/mol. The number of benzene rings is 1. The molecule has 1 heterocycles. The van der Waals surface area contributed by atoms with Crippen LogP contribution in [-0.2, 0) is 9.53 Å². The Labute approximate surface area is 155 Å². The van der Waals surface area contributed by atoms with Gasteiger partial charge in [0.25, 0.3) is 0 Å². The van der Waals surface area contributed by atoms with Gasteiger partial charge in [0.15, 0.2) is 0 Å². The summed E-state index contributed by atoms with van der Waals surface area (Å²) >= 11 is 0. The first-order valence-corrected chi connectivity index (χ1v) is 9.02. The van der Waals surface area contributed by atoms with Crippen molar-refractivity contribution in [2.75, 3.05) is 26.2 Å². The summed E-state index contributed by atoms with van der Waals surface area (Å²) in [4.78, 5) is 14.5. The van der Waals surface area contributed by atoms with E-state index >= 15 is 0 Å². The van der Waals surface area contributed by atoms with Gasteiger partial charge in [-0.2, -0.15) is 0 Å². The first-order valence-electron chi connectivity index (χ1n) is 9.02. The van der Waals surface area contributed by atoms with Crippen molar-refractivity contribution in [2.45, 2.75) is 44.8 Å². The maximum Gasteiger partial charge on any atom is 0.249 e. The second-order valence-corrected chi connectivity index (χ2v) is 6.97. The van der Waals surface area contributed by atoms with Crippen molar-refractivity contribution in [3.63, 3.8) is 0 Å². The van der Waals surface area contributed by atoms with E-state index in [0.717, 1.165) is 18.5 Å². The Morgan fingerprint density at radius 2 is 2.16 bits per heavy atom. The molecule has 140 valence electrons. The molecular weight excluding hydrogens is 343 g/mol. The number of rotatable bonds is 4. The topological polar surface area (TPSA) is 41.6 Å². The van der Waals surface area contributed by atoms with E-state index in [2.05, 4.69) is 12.2 Å². The largest absolute Gasteiger partial charge is 0.368 e. The van der Waals surface area contributed by atoms with E-state index in [1.54, 1.807) is 6.07 Å². The second kappa shape index (κ2) is 9.51. The first-order chi connectivity index (χ1) is 11.6. The van der Waals surface area contributed by atoms with Crippen LogP contribution in [0.15, 0.2) is 24.3 Å². The summed E-state index contributed by atoms with van der Waals surface area (Å²) in [6.07, 6.45) is 4.86. The molecule has 1 aliphatic carbocycles.